The number of hydrogen-bond acceptors (Lipinski definition) is 2. The molecule has 1 saturated carbocycles. The van der Waals surface area contributed by atoms with Crippen LogP contribution in [0.2, 0.25) is 0 Å². The third-order valence-corrected chi connectivity index (χ3v) is 4.44. The third-order valence-electron chi connectivity index (χ3n) is 4.44. The van der Waals surface area contributed by atoms with Crippen LogP contribution in [0.3, 0.4) is 0 Å². The van der Waals surface area contributed by atoms with Gasteiger partial charge in [-0.3, -0.25) is 0 Å². The second-order valence-corrected chi connectivity index (χ2v) is 7.00. The van der Waals surface area contributed by atoms with Gasteiger partial charge in [0.25, 0.3) is 0 Å². The number of rotatable bonds is 7. The van der Waals surface area contributed by atoms with Gasteiger partial charge in [-0.25, -0.2) is 0 Å². The fourth-order valence-corrected chi connectivity index (χ4v) is 3.02. The molecule has 18 heavy (non-hydrogen) atoms. The first-order valence-corrected chi connectivity index (χ1v) is 7.73. The number of methoxy groups -OCH3 is 1. The SMILES string of the molecule is COCCNCC(CC1CCCCC1)C(C)(C)C. The van der Waals surface area contributed by atoms with Crippen molar-refractivity contribution in [2.24, 2.45) is 17.3 Å². The molecule has 1 atom stereocenters. The van der Waals surface area contributed by atoms with Crippen molar-refractivity contribution in [3.63, 3.8) is 0 Å². The van der Waals surface area contributed by atoms with E-state index in [1.807, 2.05) is 0 Å². The molecule has 1 fully saturated rings. The Morgan fingerprint density at radius 1 is 1.17 bits per heavy atom. The summed E-state index contributed by atoms with van der Waals surface area (Å²) in [6.07, 6.45) is 8.71. The van der Waals surface area contributed by atoms with E-state index in [1.54, 1.807) is 7.11 Å². The molecule has 0 heterocycles. The van der Waals surface area contributed by atoms with E-state index in [0.717, 1.165) is 31.5 Å². The van der Waals surface area contributed by atoms with Crippen LogP contribution in [0, 0.1) is 17.3 Å². The average molecular weight is 255 g/mol. The van der Waals surface area contributed by atoms with Crippen molar-refractivity contribution in [2.75, 3.05) is 26.8 Å². The van der Waals surface area contributed by atoms with Crippen LogP contribution in [-0.4, -0.2) is 26.8 Å². The standard InChI is InChI=1S/C16H33NO/c1-16(2,3)15(13-17-10-11-18-4)12-14-8-6-5-7-9-14/h14-15,17H,5-13H2,1-4H3. The molecule has 1 aliphatic carbocycles. The van der Waals surface area contributed by atoms with Gasteiger partial charge in [0, 0.05) is 13.7 Å². The molecule has 0 bridgehead atoms. The first kappa shape index (κ1) is 16.0. The van der Waals surface area contributed by atoms with E-state index in [0.29, 0.717) is 5.41 Å². The van der Waals surface area contributed by atoms with E-state index in [-0.39, 0.29) is 0 Å². The minimum absolute atomic E-state index is 0.414. The minimum Gasteiger partial charge on any atom is -0.383 e. The van der Waals surface area contributed by atoms with Crippen molar-refractivity contribution in [3.8, 4) is 0 Å². The summed E-state index contributed by atoms with van der Waals surface area (Å²) in [5.74, 6) is 1.77. The lowest BCUT2D eigenvalue weighted by molar-refractivity contribution is 0.160. The molecule has 0 aromatic heterocycles. The van der Waals surface area contributed by atoms with Crippen LogP contribution in [-0.2, 0) is 4.74 Å². The maximum atomic E-state index is 5.10. The molecular weight excluding hydrogens is 222 g/mol. The molecule has 2 heteroatoms. The summed E-state index contributed by atoms with van der Waals surface area (Å²) in [5, 5.41) is 3.56. The van der Waals surface area contributed by atoms with Gasteiger partial charge >= 0.3 is 0 Å². The summed E-state index contributed by atoms with van der Waals surface area (Å²) < 4.78 is 5.10. The molecule has 0 aromatic carbocycles. The monoisotopic (exact) mass is 255 g/mol. The number of nitrogens with one attached hydrogen (secondary N) is 1. The highest BCUT2D eigenvalue weighted by atomic mass is 16.5. The Morgan fingerprint density at radius 2 is 1.83 bits per heavy atom. The fourth-order valence-electron chi connectivity index (χ4n) is 3.02. The van der Waals surface area contributed by atoms with E-state index in [2.05, 4.69) is 26.1 Å². The molecule has 1 N–H and O–H groups in total. The van der Waals surface area contributed by atoms with Gasteiger partial charge in [0.2, 0.25) is 0 Å². The largest absolute Gasteiger partial charge is 0.383 e. The van der Waals surface area contributed by atoms with Crippen LogP contribution in [0.25, 0.3) is 0 Å². The van der Waals surface area contributed by atoms with Gasteiger partial charge in [-0.15, -0.1) is 0 Å². The fraction of sp³-hybridized carbons (Fsp3) is 1.00. The van der Waals surface area contributed by atoms with E-state index in [1.165, 1.54) is 38.5 Å². The molecule has 108 valence electrons. The molecule has 0 saturated heterocycles. The van der Waals surface area contributed by atoms with Gasteiger partial charge in [0.15, 0.2) is 0 Å². The maximum Gasteiger partial charge on any atom is 0.0587 e. The molecule has 0 radical (unpaired) electrons. The van der Waals surface area contributed by atoms with Gasteiger partial charge < -0.3 is 10.1 Å². The van der Waals surface area contributed by atoms with Crippen molar-refractivity contribution in [1.82, 2.24) is 5.32 Å². The predicted octanol–water partition coefficient (Wildman–Crippen LogP) is 3.86. The van der Waals surface area contributed by atoms with Crippen LogP contribution in [0.4, 0.5) is 0 Å². The van der Waals surface area contributed by atoms with Crippen LogP contribution < -0.4 is 5.32 Å². The topological polar surface area (TPSA) is 21.3 Å². The maximum absolute atomic E-state index is 5.10. The molecular formula is C16H33NO. The molecule has 0 aromatic rings. The molecule has 1 rings (SSSR count). The molecule has 0 aliphatic heterocycles. The summed E-state index contributed by atoms with van der Waals surface area (Å²) in [7, 11) is 1.77. The molecule has 0 spiro atoms. The van der Waals surface area contributed by atoms with Crippen LogP contribution in [0.1, 0.15) is 59.3 Å². The Morgan fingerprint density at radius 3 is 2.39 bits per heavy atom. The molecule has 1 unspecified atom stereocenters. The van der Waals surface area contributed by atoms with Gasteiger partial charge in [0.05, 0.1) is 6.61 Å². The first-order chi connectivity index (χ1) is 8.54. The average Bonchev–Trinajstić information content (AvgIpc) is 2.33. The Bertz CT molecular complexity index is 204. The summed E-state index contributed by atoms with van der Waals surface area (Å²) in [6, 6.07) is 0. The minimum atomic E-state index is 0.414. The Labute approximate surface area is 114 Å². The normalized spacial score (nSPS) is 20.0. The summed E-state index contributed by atoms with van der Waals surface area (Å²) in [4.78, 5) is 0. The first-order valence-electron chi connectivity index (χ1n) is 7.73. The number of ether oxygens (including phenoxy) is 1. The van der Waals surface area contributed by atoms with Crippen molar-refractivity contribution in [3.05, 3.63) is 0 Å². The highest BCUT2D eigenvalue weighted by Gasteiger charge is 2.27. The second kappa shape index (κ2) is 8.16. The highest BCUT2D eigenvalue weighted by molar-refractivity contribution is 4.80. The van der Waals surface area contributed by atoms with Crippen LogP contribution >= 0.6 is 0 Å². The highest BCUT2D eigenvalue weighted by Crippen LogP contribution is 2.36. The van der Waals surface area contributed by atoms with Crippen molar-refractivity contribution in [1.29, 1.82) is 0 Å². The predicted molar refractivity (Wildman–Crippen MR) is 78.9 cm³/mol. The van der Waals surface area contributed by atoms with Crippen molar-refractivity contribution >= 4 is 0 Å². The second-order valence-electron chi connectivity index (χ2n) is 7.00. The third kappa shape index (κ3) is 6.19. The van der Waals surface area contributed by atoms with E-state index >= 15 is 0 Å². The summed E-state index contributed by atoms with van der Waals surface area (Å²) >= 11 is 0. The zero-order valence-electron chi connectivity index (χ0n) is 12.9. The van der Waals surface area contributed by atoms with Crippen LogP contribution in [0.5, 0.6) is 0 Å². The Balaban J connectivity index is 2.35. The molecule has 1 aliphatic rings. The zero-order chi connectivity index (χ0) is 13.4. The summed E-state index contributed by atoms with van der Waals surface area (Å²) in [5.41, 5.74) is 0.414. The smallest absolute Gasteiger partial charge is 0.0587 e. The van der Waals surface area contributed by atoms with Crippen molar-refractivity contribution < 1.29 is 4.74 Å². The Hall–Kier alpha value is -0.0800. The van der Waals surface area contributed by atoms with Gasteiger partial charge in [-0.2, -0.15) is 0 Å². The number of hydrogen-bond donors (Lipinski definition) is 1. The Kier molecular flexibility index (Phi) is 7.25. The van der Waals surface area contributed by atoms with Crippen molar-refractivity contribution in [2.45, 2.75) is 59.3 Å². The van der Waals surface area contributed by atoms with E-state index in [9.17, 15) is 0 Å². The van der Waals surface area contributed by atoms with Crippen LogP contribution in [0.15, 0.2) is 0 Å². The lowest BCUT2D eigenvalue weighted by Crippen LogP contribution is -2.35. The quantitative estimate of drug-likeness (QED) is 0.698. The lowest BCUT2D eigenvalue weighted by Gasteiger charge is -2.35. The summed E-state index contributed by atoms with van der Waals surface area (Å²) in [6.45, 7) is 10.1. The lowest BCUT2D eigenvalue weighted by atomic mass is 9.73. The van der Waals surface area contributed by atoms with E-state index in [4.69, 9.17) is 4.74 Å². The zero-order valence-corrected chi connectivity index (χ0v) is 12.9. The van der Waals surface area contributed by atoms with Gasteiger partial charge in [0.1, 0.15) is 0 Å². The molecule has 2 nitrogen and oxygen atoms in total. The van der Waals surface area contributed by atoms with Gasteiger partial charge in [-0.05, 0) is 30.2 Å². The van der Waals surface area contributed by atoms with E-state index < -0.39 is 0 Å². The molecule has 0 amide bonds. The van der Waals surface area contributed by atoms with Gasteiger partial charge in [-0.1, -0.05) is 52.9 Å².